The van der Waals surface area contributed by atoms with Gasteiger partial charge in [0.25, 0.3) is 11.5 Å². The Kier molecular flexibility index (Phi) is 5.72. The molecule has 1 aromatic heterocycles. The van der Waals surface area contributed by atoms with Crippen LogP contribution in [0.4, 0.5) is 4.39 Å². The van der Waals surface area contributed by atoms with Gasteiger partial charge in [0.2, 0.25) is 5.88 Å². The second kappa shape index (κ2) is 8.20. The van der Waals surface area contributed by atoms with E-state index >= 15 is 0 Å². The molecule has 8 nitrogen and oxygen atoms in total. The van der Waals surface area contributed by atoms with E-state index in [2.05, 4.69) is 4.98 Å². The van der Waals surface area contributed by atoms with E-state index in [1.165, 1.54) is 18.2 Å². The van der Waals surface area contributed by atoms with Crippen molar-refractivity contribution in [3.05, 3.63) is 51.8 Å². The van der Waals surface area contributed by atoms with E-state index < -0.39 is 41.2 Å². The Labute approximate surface area is 159 Å². The van der Waals surface area contributed by atoms with Gasteiger partial charge in [-0.05, 0) is 31.0 Å². The highest BCUT2D eigenvalue weighted by atomic mass is 19.1. The summed E-state index contributed by atoms with van der Waals surface area (Å²) in [4.78, 5) is 40.1. The normalized spacial score (nSPS) is 14.6. The number of hydrogen-bond donors (Lipinski definition) is 3. The lowest BCUT2D eigenvalue weighted by atomic mass is 9.88. The van der Waals surface area contributed by atoms with Gasteiger partial charge < -0.3 is 15.5 Å². The first-order valence-electron chi connectivity index (χ1n) is 9.00. The van der Waals surface area contributed by atoms with Crippen LogP contribution in [0.3, 0.4) is 0 Å². The van der Waals surface area contributed by atoms with Crippen LogP contribution < -0.4 is 10.9 Å². The highest BCUT2D eigenvalue weighted by Crippen LogP contribution is 2.33. The first-order valence-corrected chi connectivity index (χ1v) is 9.00. The number of halogens is 1. The molecule has 9 heteroatoms. The monoisotopic (exact) mass is 389 g/mol. The van der Waals surface area contributed by atoms with Crippen molar-refractivity contribution in [2.75, 3.05) is 6.54 Å². The molecule has 1 aliphatic carbocycles. The quantitative estimate of drug-likeness (QED) is 0.718. The molecule has 28 heavy (non-hydrogen) atoms. The Morgan fingerprint density at radius 2 is 1.96 bits per heavy atom. The number of aromatic hydroxyl groups is 1. The molecule has 0 atom stereocenters. The van der Waals surface area contributed by atoms with E-state index in [1.54, 1.807) is 0 Å². The molecule has 0 unspecified atom stereocenters. The molecule has 1 aliphatic rings. The molecule has 1 saturated carbocycles. The summed E-state index contributed by atoms with van der Waals surface area (Å²) in [6, 6.07) is 5.31. The second-order valence-corrected chi connectivity index (χ2v) is 6.70. The molecule has 0 bridgehead atoms. The van der Waals surface area contributed by atoms with E-state index in [1.807, 2.05) is 5.32 Å². The predicted molar refractivity (Wildman–Crippen MR) is 97.3 cm³/mol. The third-order valence-corrected chi connectivity index (χ3v) is 4.75. The van der Waals surface area contributed by atoms with Gasteiger partial charge in [-0.2, -0.15) is 4.98 Å². The van der Waals surface area contributed by atoms with Crippen molar-refractivity contribution in [2.24, 2.45) is 0 Å². The number of carbonyl (C=O) groups excluding carboxylic acids is 1. The van der Waals surface area contributed by atoms with E-state index in [9.17, 15) is 23.9 Å². The van der Waals surface area contributed by atoms with Crippen LogP contribution >= 0.6 is 0 Å². The Balaban J connectivity index is 2.17. The van der Waals surface area contributed by atoms with Gasteiger partial charge in [-0.1, -0.05) is 25.3 Å². The van der Waals surface area contributed by atoms with Crippen molar-refractivity contribution in [1.82, 2.24) is 14.9 Å². The van der Waals surface area contributed by atoms with Gasteiger partial charge in [0.15, 0.2) is 5.56 Å². The van der Waals surface area contributed by atoms with Crippen LogP contribution in [0.1, 0.15) is 54.2 Å². The average molecular weight is 389 g/mol. The maximum absolute atomic E-state index is 13.8. The molecule has 1 heterocycles. The van der Waals surface area contributed by atoms with Crippen LogP contribution in [0.25, 0.3) is 5.69 Å². The summed E-state index contributed by atoms with van der Waals surface area (Å²) in [5, 5.41) is 21.0. The fraction of sp³-hybridized carbons (Fsp3) is 0.368. The van der Waals surface area contributed by atoms with Gasteiger partial charge in [0.1, 0.15) is 18.2 Å². The predicted octanol–water partition coefficient (Wildman–Crippen LogP) is 1.94. The van der Waals surface area contributed by atoms with E-state index in [0.717, 1.165) is 42.7 Å². The van der Waals surface area contributed by atoms with E-state index in [4.69, 9.17) is 5.11 Å². The van der Waals surface area contributed by atoms with Crippen molar-refractivity contribution in [1.29, 1.82) is 0 Å². The Bertz CT molecular complexity index is 967. The van der Waals surface area contributed by atoms with Crippen LogP contribution in [0.2, 0.25) is 0 Å². The molecule has 0 radical (unpaired) electrons. The van der Waals surface area contributed by atoms with Gasteiger partial charge in [0.05, 0.1) is 5.69 Å². The SMILES string of the molecule is O=C(O)CNC(=O)c1c(O)nc(C2CCCCC2)n(-c2cccc(F)c2)c1=O. The van der Waals surface area contributed by atoms with Crippen molar-refractivity contribution in [3.63, 3.8) is 0 Å². The zero-order valence-electron chi connectivity index (χ0n) is 15.0. The topological polar surface area (TPSA) is 122 Å². The lowest BCUT2D eigenvalue weighted by Gasteiger charge is -2.24. The Morgan fingerprint density at radius 3 is 2.61 bits per heavy atom. The molecule has 0 saturated heterocycles. The summed E-state index contributed by atoms with van der Waals surface area (Å²) in [6.07, 6.45) is 4.44. The summed E-state index contributed by atoms with van der Waals surface area (Å²) in [6.45, 7) is -0.720. The van der Waals surface area contributed by atoms with Gasteiger partial charge in [-0.25, -0.2) is 4.39 Å². The Hall–Kier alpha value is -3.23. The molecule has 0 spiro atoms. The van der Waals surface area contributed by atoms with Crippen molar-refractivity contribution < 1.29 is 24.2 Å². The van der Waals surface area contributed by atoms with Gasteiger partial charge in [-0.15, -0.1) is 0 Å². The number of carbonyl (C=O) groups is 2. The summed E-state index contributed by atoms with van der Waals surface area (Å²) < 4.78 is 14.9. The highest BCUT2D eigenvalue weighted by Gasteiger charge is 2.28. The molecule has 1 fully saturated rings. The molecule has 148 valence electrons. The number of aliphatic carboxylic acids is 1. The van der Waals surface area contributed by atoms with Crippen molar-refractivity contribution >= 4 is 11.9 Å². The number of carboxylic acid groups (broad SMARTS) is 1. The third kappa shape index (κ3) is 4.03. The number of amides is 1. The van der Waals surface area contributed by atoms with Crippen molar-refractivity contribution in [3.8, 4) is 11.6 Å². The largest absolute Gasteiger partial charge is 0.493 e. The summed E-state index contributed by atoms with van der Waals surface area (Å²) in [7, 11) is 0. The number of nitrogens with one attached hydrogen (secondary N) is 1. The van der Waals surface area contributed by atoms with Crippen LogP contribution in [0.5, 0.6) is 5.88 Å². The van der Waals surface area contributed by atoms with Crippen LogP contribution in [0.15, 0.2) is 29.1 Å². The fourth-order valence-electron chi connectivity index (χ4n) is 3.47. The smallest absolute Gasteiger partial charge is 0.322 e. The first-order chi connectivity index (χ1) is 13.4. The molecular weight excluding hydrogens is 369 g/mol. The van der Waals surface area contributed by atoms with E-state index in [0.29, 0.717) is 0 Å². The molecule has 1 aromatic carbocycles. The van der Waals surface area contributed by atoms with Crippen LogP contribution in [-0.4, -0.2) is 38.2 Å². The number of rotatable bonds is 5. The molecule has 0 aliphatic heterocycles. The number of hydrogen-bond acceptors (Lipinski definition) is 5. The summed E-state index contributed by atoms with van der Waals surface area (Å²) in [5.74, 6) is -3.54. The molecular formula is C19H20FN3O5. The maximum Gasteiger partial charge on any atom is 0.322 e. The third-order valence-electron chi connectivity index (χ3n) is 4.75. The standard InChI is InChI=1S/C19H20FN3O5/c20-12-7-4-8-13(9-12)23-16(11-5-2-1-3-6-11)22-18(27)15(19(23)28)17(26)21-10-14(24)25/h4,7-9,11,27H,1-3,5-6,10H2,(H,21,26)(H,24,25). The van der Waals surface area contributed by atoms with Gasteiger partial charge >= 0.3 is 5.97 Å². The highest BCUT2D eigenvalue weighted by molar-refractivity contribution is 5.97. The molecule has 3 N–H and O–H groups in total. The van der Waals surface area contributed by atoms with Crippen LogP contribution in [0, 0.1) is 5.82 Å². The minimum absolute atomic E-state index is 0.119. The van der Waals surface area contributed by atoms with Crippen LogP contribution in [-0.2, 0) is 4.79 Å². The number of nitrogens with zero attached hydrogens (tertiary/aromatic N) is 2. The molecule has 3 rings (SSSR count). The van der Waals surface area contributed by atoms with E-state index in [-0.39, 0.29) is 17.4 Å². The number of carboxylic acids is 1. The summed E-state index contributed by atoms with van der Waals surface area (Å²) in [5.41, 5.74) is -1.36. The van der Waals surface area contributed by atoms with Gasteiger partial charge in [0, 0.05) is 5.92 Å². The lowest BCUT2D eigenvalue weighted by molar-refractivity contribution is -0.135. The zero-order chi connectivity index (χ0) is 20.3. The Morgan fingerprint density at radius 1 is 1.25 bits per heavy atom. The lowest BCUT2D eigenvalue weighted by Crippen LogP contribution is -2.37. The average Bonchev–Trinajstić information content (AvgIpc) is 2.66. The molecule has 1 amide bonds. The minimum atomic E-state index is -1.30. The molecule has 2 aromatic rings. The van der Waals surface area contributed by atoms with Crippen molar-refractivity contribution in [2.45, 2.75) is 38.0 Å². The first kappa shape index (κ1) is 19.5. The second-order valence-electron chi connectivity index (χ2n) is 6.70. The fourth-order valence-corrected chi connectivity index (χ4v) is 3.47. The zero-order valence-corrected chi connectivity index (χ0v) is 15.0. The maximum atomic E-state index is 13.8. The number of aromatic nitrogens is 2. The number of benzene rings is 1. The summed E-state index contributed by atoms with van der Waals surface area (Å²) >= 11 is 0. The minimum Gasteiger partial charge on any atom is -0.493 e. The van der Waals surface area contributed by atoms with Gasteiger partial charge in [-0.3, -0.25) is 19.0 Å².